The van der Waals surface area contributed by atoms with E-state index in [1.54, 1.807) is 24.3 Å². The predicted octanol–water partition coefficient (Wildman–Crippen LogP) is 4.80. The Kier molecular flexibility index (Phi) is 4.29. The van der Waals surface area contributed by atoms with Crippen LogP contribution in [0, 0.1) is 0 Å². The molecule has 0 heterocycles. The lowest BCUT2D eigenvalue weighted by molar-refractivity contribution is -0.137. The zero-order valence-corrected chi connectivity index (χ0v) is 10.9. The van der Waals surface area contributed by atoms with Crippen molar-refractivity contribution >= 4 is 23.5 Å². The maximum atomic E-state index is 12.5. The molecule has 0 atom stereocenters. The molecule has 20 heavy (non-hydrogen) atoms. The summed E-state index contributed by atoms with van der Waals surface area (Å²) in [4.78, 5) is 0. The fourth-order valence-corrected chi connectivity index (χ4v) is 1.73. The van der Waals surface area contributed by atoms with E-state index in [-0.39, 0.29) is 5.69 Å². The first-order valence-corrected chi connectivity index (χ1v) is 6.05. The van der Waals surface area contributed by atoms with Crippen LogP contribution in [0.2, 0.25) is 5.02 Å². The van der Waals surface area contributed by atoms with Gasteiger partial charge in [0.25, 0.3) is 0 Å². The van der Waals surface area contributed by atoms with Crippen LogP contribution < -0.4 is 5.43 Å². The number of hydrazone groups is 1. The Labute approximate surface area is 118 Å². The van der Waals surface area contributed by atoms with Crippen molar-refractivity contribution < 1.29 is 13.2 Å². The third-order valence-electron chi connectivity index (χ3n) is 2.45. The molecular weight excluding hydrogens is 289 g/mol. The highest BCUT2D eigenvalue weighted by Gasteiger charge is 2.30. The average molecular weight is 299 g/mol. The van der Waals surface area contributed by atoms with E-state index in [0.717, 1.165) is 17.7 Å². The first kappa shape index (κ1) is 14.4. The molecule has 0 unspecified atom stereocenters. The molecule has 2 aromatic rings. The number of alkyl halides is 3. The first-order valence-electron chi connectivity index (χ1n) is 5.67. The topological polar surface area (TPSA) is 24.4 Å². The summed E-state index contributed by atoms with van der Waals surface area (Å²) in [5.74, 6) is 0. The zero-order chi connectivity index (χ0) is 14.6. The summed E-state index contributed by atoms with van der Waals surface area (Å²) in [6.07, 6.45) is -2.89. The van der Waals surface area contributed by atoms with Gasteiger partial charge in [-0.2, -0.15) is 18.3 Å². The minimum absolute atomic E-state index is 0.262. The van der Waals surface area contributed by atoms with Crippen molar-refractivity contribution in [3.05, 3.63) is 64.7 Å². The SMILES string of the molecule is FC(F)(F)c1cccc(NN=Cc2cccc(Cl)c2)c1. The van der Waals surface area contributed by atoms with Gasteiger partial charge < -0.3 is 0 Å². The van der Waals surface area contributed by atoms with Gasteiger partial charge in [0.15, 0.2) is 0 Å². The lowest BCUT2D eigenvalue weighted by Gasteiger charge is -2.07. The highest BCUT2D eigenvalue weighted by atomic mass is 35.5. The number of nitrogens with zero attached hydrogens (tertiary/aromatic N) is 1. The molecular formula is C14H10ClF3N2. The lowest BCUT2D eigenvalue weighted by atomic mass is 10.2. The van der Waals surface area contributed by atoms with Gasteiger partial charge in [0.1, 0.15) is 0 Å². The molecule has 0 fully saturated rings. The van der Waals surface area contributed by atoms with E-state index in [4.69, 9.17) is 11.6 Å². The number of nitrogens with one attached hydrogen (secondary N) is 1. The second-order valence-electron chi connectivity index (χ2n) is 4.00. The molecule has 6 heteroatoms. The van der Waals surface area contributed by atoms with E-state index >= 15 is 0 Å². The maximum absolute atomic E-state index is 12.5. The van der Waals surface area contributed by atoms with Gasteiger partial charge in [0.05, 0.1) is 17.5 Å². The Balaban J connectivity index is 2.08. The van der Waals surface area contributed by atoms with Crippen LogP contribution in [-0.2, 0) is 6.18 Å². The molecule has 2 aromatic carbocycles. The van der Waals surface area contributed by atoms with Crippen LogP contribution in [0.25, 0.3) is 0 Å². The summed E-state index contributed by atoms with van der Waals surface area (Å²) in [6.45, 7) is 0. The number of hydrogen-bond acceptors (Lipinski definition) is 2. The molecule has 0 spiro atoms. The van der Waals surface area contributed by atoms with Crippen LogP contribution in [0.4, 0.5) is 18.9 Å². The molecule has 0 aliphatic carbocycles. The van der Waals surface area contributed by atoms with Gasteiger partial charge >= 0.3 is 6.18 Å². The Hall–Kier alpha value is -2.01. The smallest absolute Gasteiger partial charge is 0.278 e. The molecule has 2 nitrogen and oxygen atoms in total. The Bertz CT molecular complexity index is 624. The molecule has 0 aromatic heterocycles. The van der Waals surface area contributed by atoms with Crippen LogP contribution in [0.5, 0.6) is 0 Å². The van der Waals surface area contributed by atoms with Gasteiger partial charge in [-0.05, 0) is 35.9 Å². The van der Waals surface area contributed by atoms with Crippen molar-refractivity contribution in [3.63, 3.8) is 0 Å². The van der Waals surface area contributed by atoms with E-state index in [0.29, 0.717) is 5.02 Å². The van der Waals surface area contributed by atoms with Crippen molar-refractivity contribution in [2.75, 3.05) is 5.43 Å². The minimum atomic E-state index is -4.37. The first-order chi connectivity index (χ1) is 9.45. The standard InChI is InChI=1S/C14H10ClF3N2/c15-12-5-1-3-10(7-12)9-19-20-13-6-2-4-11(8-13)14(16,17)18/h1-9,20H. The molecule has 1 N–H and O–H groups in total. The zero-order valence-electron chi connectivity index (χ0n) is 10.2. The van der Waals surface area contributed by atoms with E-state index in [1.165, 1.54) is 18.3 Å². The number of benzene rings is 2. The second-order valence-corrected chi connectivity index (χ2v) is 4.44. The van der Waals surface area contributed by atoms with E-state index in [2.05, 4.69) is 10.5 Å². The molecule has 0 radical (unpaired) electrons. The average Bonchev–Trinajstić information content (AvgIpc) is 2.38. The number of halogens is 4. The molecule has 0 amide bonds. The third-order valence-corrected chi connectivity index (χ3v) is 2.68. The summed E-state index contributed by atoms with van der Waals surface area (Å²) in [6, 6.07) is 11.8. The molecule has 0 bridgehead atoms. The van der Waals surface area contributed by atoms with Crippen molar-refractivity contribution in [1.82, 2.24) is 0 Å². The van der Waals surface area contributed by atoms with E-state index in [9.17, 15) is 13.2 Å². The fourth-order valence-electron chi connectivity index (χ4n) is 1.53. The van der Waals surface area contributed by atoms with Gasteiger partial charge in [0, 0.05) is 5.02 Å². The van der Waals surface area contributed by atoms with Crippen LogP contribution >= 0.6 is 11.6 Å². The molecule has 0 saturated heterocycles. The van der Waals surface area contributed by atoms with Gasteiger partial charge in [-0.3, -0.25) is 5.43 Å². The van der Waals surface area contributed by atoms with Gasteiger partial charge in [-0.25, -0.2) is 0 Å². The van der Waals surface area contributed by atoms with Crippen LogP contribution in [0.3, 0.4) is 0 Å². The van der Waals surface area contributed by atoms with Crippen LogP contribution in [0.15, 0.2) is 53.6 Å². The van der Waals surface area contributed by atoms with Crippen molar-refractivity contribution in [3.8, 4) is 0 Å². The third kappa shape index (κ3) is 3.99. The summed E-state index contributed by atoms with van der Waals surface area (Å²) >= 11 is 5.80. The van der Waals surface area contributed by atoms with Crippen LogP contribution in [0.1, 0.15) is 11.1 Å². The minimum Gasteiger partial charge on any atom is -0.278 e. The largest absolute Gasteiger partial charge is 0.416 e. The number of hydrogen-bond donors (Lipinski definition) is 1. The molecule has 0 aliphatic rings. The van der Waals surface area contributed by atoms with Crippen molar-refractivity contribution in [2.24, 2.45) is 5.10 Å². The van der Waals surface area contributed by atoms with E-state index in [1.807, 2.05) is 0 Å². The predicted molar refractivity (Wildman–Crippen MR) is 74.1 cm³/mol. The Morgan fingerprint density at radius 1 is 1.05 bits per heavy atom. The van der Waals surface area contributed by atoms with Crippen molar-refractivity contribution in [1.29, 1.82) is 0 Å². The number of rotatable bonds is 3. The van der Waals surface area contributed by atoms with E-state index < -0.39 is 11.7 Å². The maximum Gasteiger partial charge on any atom is 0.416 e. The second kappa shape index (κ2) is 5.96. The Morgan fingerprint density at radius 2 is 1.80 bits per heavy atom. The van der Waals surface area contributed by atoms with Gasteiger partial charge in [-0.1, -0.05) is 29.8 Å². The van der Waals surface area contributed by atoms with Gasteiger partial charge in [0.2, 0.25) is 0 Å². The summed E-state index contributed by atoms with van der Waals surface area (Å²) in [7, 11) is 0. The highest BCUT2D eigenvalue weighted by Crippen LogP contribution is 2.30. The summed E-state index contributed by atoms with van der Waals surface area (Å²) in [5, 5.41) is 4.44. The normalized spacial score (nSPS) is 11.8. The van der Waals surface area contributed by atoms with Crippen LogP contribution in [-0.4, -0.2) is 6.21 Å². The fraction of sp³-hybridized carbons (Fsp3) is 0.0714. The summed E-state index contributed by atoms with van der Waals surface area (Å²) in [5.41, 5.74) is 2.84. The summed E-state index contributed by atoms with van der Waals surface area (Å²) < 4.78 is 37.6. The highest BCUT2D eigenvalue weighted by molar-refractivity contribution is 6.30. The monoisotopic (exact) mass is 298 g/mol. The lowest BCUT2D eigenvalue weighted by Crippen LogP contribution is -2.05. The molecule has 0 saturated carbocycles. The molecule has 104 valence electrons. The van der Waals surface area contributed by atoms with Gasteiger partial charge in [-0.15, -0.1) is 0 Å². The quantitative estimate of drug-likeness (QED) is 0.638. The Morgan fingerprint density at radius 3 is 2.50 bits per heavy atom. The molecule has 2 rings (SSSR count). The van der Waals surface area contributed by atoms with Crippen molar-refractivity contribution in [2.45, 2.75) is 6.18 Å². The molecule has 0 aliphatic heterocycles. The number of anilines is 1.